The number of nitrogens with one attached hydrogen (secondary N) is 1. The Balaban J connectivity index is 1.46. The minimum absolute atomic E-state index is 0.0934. The molecule has 208 valence electrons. The van der Waals surface area contributed by atoms with E-state index in [0.717, 1.165) is 38.0 Å². The maximum Gasteiger partial charge on any atom is 0.322 e. The Morgan fingerprint density at radius 2 is 1.67 bits per heavy atom. The van der Waals surface area contributed by atoms with Crippen molar-refractivity contribution in [2.45, 2.75) is 32.9 Å². The van der Waals surface area contributed by atoms with Gasteiger partial charge in [0.25, 0.3) is 0 Å². The summed E-state index contributed by atoms with van der Waals surface area (Å²) in [5.41, 5.74) is 2.65. The van der Waals surface area contributed by atoms with Crippen molar-refractivity contribution in [3.63, 3.8) is 0 Å². The van der Waals surface area contributed by atoms with Crippen molar-refractivity contribution in [3.8, 4) is 0 Å². The molecule has 0 radical (unpaired) electrons. The maximum atomic E-state index is 13.6. The number of furan rings is 1. The van der Waals surface area contributed by atoms with Gasteiger partial charge in [-0.25, -0.2) is 9.18 Å². The second-order valence-electron chi connectivity index (χ2n) is 9.67. The van der Waals surface area contributed by atoms with Crippen LogP contribution in [0.25, 0.3) is 0 Å². The fraction of sp³-hybridized carbons (Fsp3) is 0.400. The number of rotatable bonds is 12. The summed E-state index contributed by atoms with van der Waals surface area (Å²) in [5, 5.41) is 2.95. The van der Waals surface area contributed by atoms with E-state index in [2.05, 4.69) is 17.1 Å². The fourth-order valence-electron chi connectivity index (χ4n) is 4.49. The molecule has 4 rings (SSSR count). The zero-order valence-corrected chi connectivity index (χ0v) is 22.5. The zero-order chi connectivity index (χ0) is 27.5. The Bertz CT molecular complexity index is 1160. The van der Waals surface area contributed by atoms with Gasteiger partial charge in [0.2, 0.25) is 5.91 Å². The third-order valence-corrected chi connectivity index (χ3v) is 6.80. The number of aryl methyl sites for hydroxylation is 1. The minimum Gasteiger partial charge on any atom is -0.467 e. The zero-order valence-electron chi connectivity index (χ0n) is 22.5. The van der Waals surface area contributed by atoms with Gasteiger partial charge in [-0.15, -0.1) is 0 Å². The molecule has 0 aliphatic carbocycles. The van der Waals surface area contributed by atoms with E-state index in [0.29, 0.717) is 31.2 Å². The average Bonchev–Trinajstić information content (AvgIpc) is 3.47. The van der Waals surface area contributed by atoms with E-state index in [4.69, 9.17) is 9.15 Å². The van der Waals surface area contributed by atoms with Gasteiger partial charge in [0, 0.05) is 38.4 Å². The summed E-state index contributed by atoms with van der Waals surface area (Å²) in [7, 11) is 0. The second kappa shape index (κ2) is 14.5. The predicted molar refractivity (Wildman–Crippen MR) is 148 cm³/mol. The Labute approximate surface area is 229 Å². The number of amides is 3. The molecule has 0 bridgehead atoms. The number of ether oxygens (including phenoxy) is 1. The van der Waals surface area contributed by atoms with Crippen molar-refractivity contribution >= 4 is 17.6 Å². The third kappa shape index (κ3) is 8.94. The molecule has 1 N–H and O–H groups in total. The van der Waals surface area contributed by atoms with E-state index in [1.54, 1.807) is 40.3 Å². The largest absolute Gasteiger partial charge is 0.467 e. The van der Waals surface area contributed by atoms with Gasteiger partial charge in [-0.1, -0.05) is 31.2 Å². The molecule has 3 amide bonds. The van der Waals surface area contributed by atoms with Crippen LogP contribution in [0.4, 0.5) is 14.9 Å². The molecule has 39 heavy (non-hydrogen) atoms. The highest BCUT2D eigenvalue weighted by molar-refractivity contribution is 5.92. The molecule has 0 atom stereocenters. The summed E-state index contributed by atoms with van der Waals surface area (Å²) >= 11 is 0. The van der Waals surface area contributed by atoms with Gasteiger partial charge < -0.3 is 24.3 Å². The van der Waals surface area contributed by atoms with Crippen LogP contribution in [0.1, 0.15) is 30.2 Å². The van der Waals surface area contributed by atoms with Crippen LogP contribution in [0.2, 0.25) is 0 Å². The molecule has 1 aliphatic heterocycles. The van der Waals surface area contributed by atoms with Gasteiger partial charge in [0.15, 0.2) is 0 Å². The molecular formula is C30H37FN4O4. The molecule has 0 unspecified atom stereocenters. The van der Waals surface area contributed by atoms with Crippen molar-refractivity contribution in [2.24, 2.45) is 0 Å². The van der Waals surface area contributed by atoms with E-state index < -0.39 is 0 Å². The quantitative estimate of drug-likeness (QED) is 0.361. The number of hydrogen-bond acceptors (Lipinski definition) is 5. The Morgan fingerprint density at radius 3 is 2.33 bits per heavy atom. The molecule has 8 nitrogen and oxygen atoms in total. The standard InChI is InChI=1S/C30H37FN4O4/c1-2-24-8-12-27(13-9-24)32-30(37)34(15-4-14-33-16-19-38-20-17-33)23-29(36)35(22-28-5-3-18-39-28)21-25-6-10-26(31)11-7-25/h3,5-13,18H,2,4,14-17,19-23H2,1H3,(H,32,37). The molecule has 3 aromatic rings. The van der Waals surface area contributed by atoms with Crippen molar-refractivity contribution in [2.75, 3.05) is 51.3 Å². The highest BCUT2D eigenvalue weighted by Gasteiger charge is 2.23. The minimum atomic E-state index is -0.335. The third-order valence-electron chi connectivity index (χ3n) is 6.80. The molecule has 1 saturated heterocycles. The summed E-state index contributed by atoms with van der Waals surface area (Å²) in [6.45, 7) is 6.88. The van der Waals surface area contributed by atoms with Gasteiger partial charge in [-0.05, 0) is 60.4 Å². The Morgan fingerprint density at radius 1 is 0.949 bits per heavy atom. The van der Waals surface area contributed by atoms with E-state index in [-0.39, 0.29) is 37.4 Å². The van der Waals surface area contributed by atoms with Crippen molar-refractivity contribution in [3.05, 3.63) is 89.6 Å². The van der Waals surface area contributed by atoms with Gasteiger partial charge in [-0.3, -0.25) is 9.69 Å². The lowest BCUT2D eigenvalue weighted by Crippen LogP contribution is -2.45. The Hall–Kier alpha value is -3.69. The first-order valence-electron chi connectivity index (χ1n) is 13.5. The normalized spacial score (nSPS) is 13.7. The molecule has 2 aromatic carbocycles. The van der Waals surface area contributed by atoms with E-state index in [1.807, 2.05) is 24.3 Å². The lowest BCUT2D eigenvalue weighted by Gasteiger charge is -2.30. The molecule has 1 fully saturated rings. The number of anilines is 1. The number of benzene rings is 2. The first kappa shape index (κ1) is 28.3. The van der Waals surface area contributed by atoms with Crippen molar-refractivity contribution in [1.82, 2.24) is 14.7 Å². The van der Waals surface area contributed by atoms with Crippen LogP contribution >= 0.6 is 0 Å². The van der Waals surface area contributed by atoms with Gasteiger partial charge in [0.05, 0.1) is 26.0 Å². The van der Waals surface area contributed by atoms with Crippen LogP contribution in [0.5, 0.6) is 0 Å². The number of halogens is 1. The van der Waals surface area contributed by atoms with Crippen LogP contribution in [-0.2, 0) is 29.0 Å². The smallest absolute Gasteiger partial charge is 0.322 e. The molecular weight excluding hydrogens is 499 g/mol. The number of carbonyl (C=O) groups excluding carboxylic acids is 2. The summed E-state index contributed by atoms with van der Waals surface area (Å²) in [5.74, 6) is 0.0705. The predicted octanol–water partition coefficient (Wildman–Crippen LogP) is 4.77. The first-order valence-corrected chi connectivity index (χ1v) is 13.5. The Kier molecular flexibility index (Phi) is 10.5. The van der Waals surface area contributed by atoms with E-state index in [1.165, 1.54) is 17.7 Å². The van der Waals surface area contributed by atoms with Crippen LogP contribution in [0.3, 0.4) is 0 Å². The van der Waals surface area contributed by atoms with Gasteiger partial charge >= 0.3 is 6.03 Å². The van der Waals surface area contributed by atoms with Gasteiger partial charge in [-0.2, -0.15) is 0 Å². The fourth-order valence-corrected chi connectivity index (χ4v) is 4.49. The lowest BCUT2D eigenvalue weighted by molar-refractivity contribution is -0.133. The number of morpholine rings is 1. The van der Waals surface area contributed by atoms with Crippen molar-refractivity contribution in [1.29, 1.82) is 0 Å². The molecule has 1 aliphatic rings. The highest BCUT2D eigenvalue weighted by Crippen LogP contribution is 2.15. The van der Waals surface area contributed by atoms with Crippen LogP contribution in [0, 0.1) is 5.82 Å². The SMILES string of the molecule is CCc1ccc(NC(=O)N(CCCN2CCOCC2)CC(=O)N(Cc2ccc(F)cc2)Cc2ccco2)cc1. The molecule has 0 spiro atoms. The van der Waals surface area contributed by atoms with Crippen LogP contribution < -0.4 is 5.32 Å². The number of nitrogens with zero attached hydrogens (tertiary/aromatic N) is 3. The molecule has 2 heterocycles. The average molecular weight is 537 g/mol. The second-order valence-corrected chi connectivity index (χ2v) is 9.67. The monoisotopic (exact) mass is 536 g/mol. The summed E-state index contributed by atoms with van der Waals surface area (Å²) < 4.78 is 24.4. The molecule has 9 heteroatoms. The van der Waals surface area contributed by atoms with Crippen LogP contribution in [-0.4, -0.2) is 72.6 Å². The summed E-state index contributed by atoms with van der Waals surface area (Å²) in [4.78, 5) is 32.5. The highest BCUT2D eigenvalue weighted by atomic mass is 19.1. The molecule has 1 aromatic heterocycles. The van der Waals surface area contributed by atoms with Crippen LogP contribution in [0.15, 0.2) is 71.3 Å². The van der Waals surface area contributed by atoms with Gasteiger partial charge in [0.1, 0.15) is 18.1 Å². The van der Waals surface area contributed by atoms with Crippen molar-refractivity contribution < 1.29 is 23.1 Å². The lowest BCUT2D eigenvalue weighted by atomic mass is 10.1. The number of carbonyl (C=O) groups is 2. The summed E-state index contributed by atoms with van der Waals surface area (Å²) in [6, 6.07) is 17.0. The maximum absolute atomic E-state index is 13.6. The topological polar surface area (TPSA) is 78.3 Å². The molecule has 0 saturated carbocycles. The van der Waals surface area contributed by atoms with E-state index in [9.17, 15) is 14.0 Å². The number of hydrogen-bond donors (Lipinski definition) is 1. The van der Waals surface area contributed by atoms with E-state index >= 15 is 0 Å². The first-order chi connectivity index (χ1) is 19.0. The number of urea groups is 1. The summed E-state index contributed by atoms with van der Waals surface area (Å²) in [6.07, 6.45) is 3.20.